The van der Waals surface area contributed by atoms with Gasteiger partial charge in [0.2, 0.25) is 0 Å². The molecule has 7 heteroatoms. The summed E-state index contributed by atoms with van der Waals surface area (Å²) in [5.74, 6) is 0.565. The number of fused-ring (bicyclic) bond motifs is 1. The maximum Gasteiger partial charge on any atom is 0.251 e. The van der Waals surface area contributed by atoms with E-state index in [0.29, 0.717) is 30.2 Å². The average Bonchev–Trinajstić information content (AvgIpc) is 2.86. The van der Waals surface area contributed by atoms with Gasteiger partial charge >= 0.3 is 0 Å². The van der Waals surface area contributed by atoms with Crippen molar-refractivity contribution in [1.82, 2.24) is 20.2 Å². The Morgan fingerprint density at radius 2 is 1.85 bits per heavy atom. The van der Waals surface area contributed by atoms with E-state index in [-0.39, 0.29) is 5.91 Å². The third-order valence-electron chi connectivity index (χ3n) is 5.56. The van der Waals surface area contributed by atoms with Crippen LogP contribution in [0.5, 0.6) is 0 Å². The van der Waals surface area contributed by atoms with Crippen molar-refractivity contribution in [2.45, 2.75) is 13.0 Å². The van der Waals surface area contributed by atoms with E-state index in [2.05, 4.69) is 26.6 Å². The van der Waals surface area contributed by atoms with Crippen LogP contribution < -0.4 is 16.4 Å². The molecule has 0 unspecified atom stereocenters. The van der Waals surface area contributed by atoms with Crippen LogP contribution in [-0.4, -0.2) is 48.0 Å². The third-order valence-corrected chi connectivity index (χ3v) is 5.56. The SMILES string of the molecule is CN(C)CCCNC(=O)c1ccc(-c2ccc(N)c(NCc3ccc4ncccc4c3)n2)cc1. The van der Waals surface area contributed by atoms with Gasteiger partial charge in [0.15, 0.2) is 0 Å². The Labute approximate surface area is 200 Å². The zero-order valence-corrected chi connectivity index (χ0v) is 19.6. The molecular weight excluding hydrogens is 424 g/mol. The zero-order chi connectivity index (χ0) is 23.9. The summed E-state index contributed by atoms with van der Waals surface area (Å²) in [6.07, 6.45) is 2.71. The second-order valence-electron chi connectivity index (χ2n) is 8.51. The molecule has 2 aromatic heterocycles. The normalized spacial score (nSPS) is 11.0. The van der Waals surface area contributed by atoms with Gasteiger partial charge in [-0.25, -0.2) is 4.98 Å². The van der Waals surface area contributed by atoms with E-state index in [9.17, 15) is 4.79 Å². The average molecular weight is 455 g/mol. The van der Waals surface area contributed by atoms with E-state index < -0.39 is 0 Å². The first-order chi connectivity index (χ1) is 16.5. The van der Waals surface area contributed by atoms with Crippen LogP contribution in [-0.2, 0) is 6.54 Å². The molecule has 4 rings (SSSR count). The molecule has 0 aliphatic heterocycles. The summed E-state index contributed by atoms with van der Waals surface area (Å²) in [6.45, 7) is 2.19. The van der Waals surface area contributed by atoms with E-state index in [4.69, 9.17) is 10.7 Å². The highest BCUT2D eigenvalue weighted by Crippen LogP contribution is 2.24. The number of rotatable bonds is 9. The van der Waals surface area contributed by atoms with Crippen molar-refractivity contribution < 1.29 is 4.79 Å². The standard InChI is InChI=1S/C27H30N6O/c1-33(2)16-4-15-30-27(34)21-9-7-20(8-10-21)25-13-11-23(28)26(32-25)31-18-19-6-12-24-22(17-19)5-3-14-29-24/h3,5-14,17H,4,15-16,18,28H2,1-2H3,(H,30,34)(H,31,32). The predicted molar refractivity (Wildman–Crippen MR) is 139 cm³/mol. The summed E-state index contributed by atoms with van der Waals surface area (Å²) in [7, 11) is 4.04. The Morgan fingerprint density at radius 3 is 2.65 bits per heavy atom. The minimum Gasteiger partial charge on any atom is -0.396 e. The van der Waals surface area contributed by atoms with Gasteiger partial charge in [0.05, 0.1) is 16.9 Å². The van der Waals surface area contributed by atoms with E-state index >= 15 is 0 Å². The lowest BCUT2D eigenvalue weighted by Crippen LogP contribution is -2.27. The largest absolute Gasteiger partial charge is 0.396 e. The molecule has 1 amide bonds. The van der Waals surface area contributed by atoms with Crippen LogP contribution in [0.3, 0.4) is 0 Å². The molecule has 0 bridgehead atoms. The van der Waals surface area contributed by atoms with Crippen LogP contribution >= 0.6 is 0 Å². The fraction of sp³-hybridized carbons (Fsp3) is 0.222. The fourth-order valence-electron chi connectivity index (χ4n) is 3.68. The molecule has 7 nitrogen and oxygen atoms in total. The molecule has 0 saturated carbocycles. The van der Waals surface area contributed by atoms with Gasteiger partial charge < -0.3 is 21.3 Å². The number of aromatic nitrogens is 2. The molecule has 0 spiro atoms. The second-order valence-corrected chi connectivity index (χ2v) is 8.51. The van der Waals surface area contributed by atoms with Crippen LogP contribution in [0.1, 0.15) is 22.3 Å². The molecule has 174 valence electrons. The molecule has 4 aromatic rings. The van der Waals surface area contributed by atoms with E-state index in [1.165, 1.54) is 0 Å². The summed E-state index contributed by atoms with van der Waals surface area (Å²) < 4.78 is 0. The van der Waals surface area contributed by atoms with Crippen LogP contribution in [0.15, 0.2) is 72.9 Å². The van der Waals surface area contributed by atoms with Gasteiger partial charge in [-0.3, -0.25) is 9.78 Å². The number of anilines is 2. The Bertz CT molecular complexity index is 1270. The van der Waals surface area contributed by atoms with E-state index in [1.54, 1.807) is 6.20 Å². The Hall–Kier alpha value is -3.97. The number of nitrogens with zero attached hydrogens (tertiary/aromatic N) is 3. The molecule has 34 heavy (non-hydrogen) atoms. The van der Waals surface area contributed by atoms with E-state index in [0.717, 1.165) is 40.7 Å². The smallest absolute Gasteiger partial charge is 0.251 e. The molecule has 2 aromatic carbocycles. The van der Waals surface area contributed by atoms with Crippen molar-refractivity contribution in [2.75, 3.05) is 38.2 Å². The topological polar surface area (TPSA) is 96.2 Å². The molecule has 0 saturated heterocycles. The van der Waals surface area contributed by atoms with Crippen LogP contribution in [0.2, 0.25) is 0 Å². The van der Waals surface area contributed by atoms with Gasteiger partial charge in [0, 0.05) is 35.8 Å². The summed E-state index contributed by atoms with van der Waals surface area (Å²) >= 11 is 0. The minimum absolute atomic E-state index is 0.0662. The molecule has 0 aliphatic rings. The van der Waals surface area contributed by atoms with Crippen LogP contribution in [0.25, 0.3) is 22.2 Å². The fourth-order valence-corrected chi connectivity index (χ4v) is 3.68. The molecule has 4 N–H and O–H groups in total. The number of amides is 1. The first-order valence-electron chi connectivity index (χ1n) is 11.4. The number of hydrogen-bond acceptors (Lipinski definition) is 6. The van der Waals surface area contributed by atoms with Gasteiger partial charge in [-0.05, 0) is 75.1 Å². The maximum absolute atomic E-state index is 12.4. The highest BCUT2D eigenvalue weighted by Gasteiger charge is 2.09. The van der Waals surface area contributed by atoms with Gasteiger partial charge in [-0.2, -0.15) is 0 Å². The van der Waals surface area contributed by atoms with Crippen LogP contribution in [0.4, 0.5) is 11.5 Å². The summed E-state index contributed by atoms with van der Waals surface area (Å²) in [4.78, 5) is 23.5. The number of hydrogen-bond donors (Lipinski definition) is 3. The lowest BCUT2D eigenvalue weighted by Gasteiger charge is -2.12. The molecule has 0 fully saturated rings. The van der Waals surface area contributed by atoms with Gasteiger partial charge in [-0.15, -0.1) is 0 Å². The highest BCUT2D eigenvalue weighted by molar-refractivity contribution is 5.94. The molecule has 2 heterocycles. The summed E-state index contributed by atoms with van der Waals surface area (Å²) in [5, 5.41) is 7.40. The van der Waals surface area contributed by atoms with Crippen molar-refractivity contribution >= 4 is 28.3 Å². The van der Waals surface area contributed by atoms with Crippen molar-refractivity contribution in [1.29, 1.82) is 0 Å². The quantitative estimate of drug-likeness (QED) is 0.329. The number of benzene rings is 2. The number of nitrogen functional groups attached to an aromatic ring is 1. The molecular formula is C27H30N6O. The summed E-state index contributed by atoms with van der Waals surface area (Å²) in [5.41, 5.74) is 11.2. The predicted octanol–water partition coefficient (Wildman–Crippen LogP) is 4.17. The van der Waals surface area contributed by atoms with E-state index in [1.807, 2.05) is 74.8 Å². The second kappa shape index (κ2) is 10.8. The maximum atomic E-state index is 12.4. The number of carbonyl (C=O) groups excluding carboxylic acids is 1. The van der Waals surface area contributed by atoms with Gasteiger partial charge in [-0.1, -0.05) is 24.3 Å². The molecule has 0 radical (unpaired) electrons. The van der Waals surface area contributed by atoms with Crippen LogP contribution in [0, 0.1) is 0 Å². The first kappa shape index (κ1) is 23.2. The lowest BCUT2D eigenvalue weighted by molar-refractivity contribution is 0.0952. The van der Waals surface area contributed by atoms with Gasteiger partial charge in [0.25, 0.3) is 5.91 Å². The number of pyridine rings is 2. The summed E-state index contributed by atoms with van der Waals surface area (Å²) in [6, 6.07) is 21.4. The molecule has 0 aliphatic carbocycles. The Kier molecular flexibility index (Phi) is 7.34. The number of carbonyl (C=O) groups is 1. The lowest BCUT2D eigenvalue weighted by atomic mass is 10.1. The van der Waals surface area contributed by atoms with Crippen molar-refractivity contribution in [2.24, 2.45) is 0 Å². The first-order valence-corrected chi connectivity index (χ1v) is 11.4. The number of nitrogens with two attached hydrogens (primary N) is 1. The highest BCUT2D eigenvalue weighted by atomic mass is 16.1. The Balaban J connectivity index is 1.41. The van der Waals surface area contributed by atoms with Crippen molar-refractivity contribution in [3.8, 4) is 11.3 Å². The van der Waals surface area contributed by atoms with Crippen molar-refractivity contribution in [3.63, 3.8) is 0 Å². The third kappa shape index (κ3) is 5.88. The van der Waals surface area contributed by atoms with Crippen molar-refractivity contribution in [3.05, 3.63) is 84.1 Å². The monoisotopic (exact) mass is 454 g/mol. The zero-order valence-electron chi connectivity index (χ0n) is 19.6. The molecule has 0 atom stereocenters. The minimum atomic E-state index is -0.0662. The van der Waals surface area contributed by atoms with Gasteiger partial charge in [0.1, 0.15) is 5.82 Å². The number of nitrogens with one attached hydrogen (secondary N) is 2. The Morgan fingerprint density at radius 1 is 1.03 bits per heavy atom.